The van der Waals surface area contributed by atoms with E-state index in [-0.39, 0.29) is 18.5 Å². The van der Waals surface area contributed by atoms with Crippen molar-refractivity contribution in [1.29, 1.82) is 0 Å². The highest BCUT2D eigenvalue weighted by Crippen LogP contribution is 2.12. The number of ether oxygens (including phenoxy) is 2. The van der Waals surface area contributed by atoms with E-state index in [1.807, 2.05) is 0 Å². The molecule has 0 aliphatic carbocycles. The Kier molecular flexibility index (Phi) is 9.79. The van der Waals surface area contributed by atoms with Crippen LogP contribution in [0.15, 0.2) is 24.3 Å². The van der Waals surface area contributed by atoms with Crippen molar-refractivity contribution >= 4 is 11.9 Å². The molecule has 0 unspecified atom stereocenters. The summed E-state index contributed by atoms with van der Waals surface area (Å²) in [5.41, 5.74) is 0.598. The van der Waals surface area contributed by atoms with Crippen molar-refractivity contribution in [3.05, 3.63) is 29.8 Å². The van der Waals surface area contributed by atoms with Crippen LogP contribution in [-0.2, 0) is 9.53 Å². The molecule has 0 fully saturated rings. The highest BCUT2D eigenvalue weighted by atomic mass is 16.5. The molecule has 0 atom stereocenters. The van der Waals surface area contributed by atoms with Crippen molar-refractivity contribution in [3.8, 4) is 18.1 Å². The highest BCUT2D eigenvalue weighted by molar-refractivity contribution is 5.94. The molecule has 0 aliphatic heterocycles. The molecule has 0 bridgehead atoms. The summed E-state index contributed by atoms with van der Waals surface area (Å²) < 4.78 is 9.85. The van der Waals surface area contributed by atoms with Gasteiger partial charge >= 0.3 is 5.97 Å². The van der Waals surface area contributed by atoms with E-state index in [1.165, 1.54) is 7.11 Å². The standard InChI is InChI=1S/C19H25NO4/c1-3-15-24-17-12-10-16(11-13-17)19(22)20-14-8-6-4-5-7-9-18(21)23-2/h1,10-13H,4-9,14-15H2,2H3,(H,20,22). The third-order valence-corrected chi connectivity index (χ3v) is 3.51. The summed E-state index contributed by atoms with van der Waals surface area (Å²) in [6, 6.07) is 6.89. The molecule has 5 nitrogen and oxygen atoms in total. The minimum absolute atomic E-state index is 0.0933. The second kappa shape index (κ2) is 12.0. The SMILES string of the molecule is C#CCOc1ccc(C(=O)NCCCCCCCC(=O)OC)cc1. The van der Waals surface area contributed by atoms with Crippen molar-refractivity contribution in [2.75, 3.05) is 20.3 Å². The maximum absolute atomic E-state index is 12.0. The Bertz CT molecular complexity index is 545. The van der Waals surface area contributed by atoms with E-state index in [0.29, 0.717) is 24.3 Å². The van der Waals surface area contributed by atoms with Crippen molar-refractivity contribution in [1.82, 2.24) is 5.32 Å². The molecule has 1 rings (SSSR count). The predicted octanol–water partition coefficient (Wildman–Crippen LogP) is 2.94. The van der Waals surface area contributed by atoms with Gasteiger partial charge in [-0.2, -0.15) is 0 Å². The fourth-order valence-corrected chi connectivity index (χ4v) is 2.16. The molecule has 0 heterocycles. The summed E-state index contributed by atoms with van der Waals surface area (Å²) in [6.07, 6.45) is 10.5. The van der Waals surface area contributed by atoms with Gasteiger partial charge in [0.2, 0.25) is 0 Å². The lowest BCUT2D eigenvalue weighted by atomic mass is 10.1. The number of unbranched alkanes of at least 4 members (excludes halogenated alkanes) is 4. The van der Waals surface area contributed by atoms with E-state index in [4.69, 9.17) is 11.2 Å². The molecule has 0 spiro atoms. The van der Waals surface area contributed by atoms with Gasteiger partial charge in [0, 0.05) is 18.5 Å². The van der Waals surface area contributed by atoms with E-state index in [9.17, 15) is 9.59 Å². The Morgan fingerprint density at radius 3 is 2.42 bits per heavy atom. The summed E-state index contributed by atoms with van der Waals surface area (Å²) in [4.78, 5) is 22.9. The Labute approximate surface area is 143 Å². The average Bonchev–Trinajstić information content (AvgIpc) is 2.62. The number of nitrogens with one attached hydrogen (secondary N) is 1. The van der Waals surface area contributed by atoms with Gasteiger partial charge in [-0.25, -0.2) is 0 Å². The largest absolute Gasteiger partial charge is 0.481 e. The van der Waals surface area contributed by atoms with E-state index in [0.717, 1.165) is 32.1 Å². The zero-order valence-corrected chi connectivity index (χ0v) is 14.2. The second-order valence-electron chi connectivity index (χ2n) is 5.37. The van der Waals surface area contributed by atoms with Crippen LogP contribution in [0.1, 0.15) is 48.9 Å². The minimum atomic E-state index is -0.155. The number of esters is 1. The number of hydrogen-bond donors (Lipinski definition) is 1. The van der Waals surface area contributed by atoms with Gasteiger partial charge in [0.05, 0.1) is 7.11 Å². The Morgan fingerprint density at radius 2 is 1.75 bits per heavy atom. The molecule has 0 radical (unpaired) electrons. The van der Waals surface area contributed by atoms with Gasteiger partial charge in [0.25, 0.3) is 5.91 Å². The van der Waals surface area contributed by atoms with Crippen LogP contribution in [0.2, 0.25) is 0 Å². The molecular weight excluding hydrogens is 306 g/mol. The van der Waals surface area contributed by atoms with E-state index in [2.05, 4.69) is 16.0 Å². The molecule has 0 aromatic heterocycles. The third kappa shape index (κ3) is 8.23. The van der Waals surface area contributed by atoms with Crippen LogP contribution in [0.3, 0.4) is 0 Å². The first kappa shape index (κ1) is 19.6. The van der Waals surface area contributed by atoms with Crippen LogP contribution in [0.4, 0.5) is 0 Å². The molecule has 1 N–H and O–H groups in total. The van der Waals surface area contributed by atoms with Gasteiger partial charge in [0.1, 0.15) is 12.4 Å². The minimum Gasteiger partial charge on any atom is -0.481 e. The Hall–Kier alpha value is -2.48. The Balaban J connectivity index is 2.11. The Morgan fingerprint density at radius 1 is 1.08 bits per heavy atom. The summed E-state index contributed by atoms with van der Waals surface area (Å²) in [7, 11) is 1.41. The van der Waals surface area contributed by atoms with Gasteiger partial charge in [-0.05, 0) is 37.1 Å². The van der Waals surface area contributed by atoms with E-state index in [1.54, 1.807) is 24.3 Å². The molecule has 5 heteroatoms. The molecule has 0 aliphatic rings. The quantitative estimate of drug-likeness (QED) is 0.385. The molecule has 1 aromatic carbocycles. The van der Waals surface area contributed by atoms with Crippen LogP contribution in [-0.4, -0.2) is 32.1 Å². The topological polar surface area (TPSA) is 64.6 Å². The maximum Gasteiger partial charge on any atom is 0.305 e. The van der Waals surface area contributed by atoms with Crippen molar-refractivity contribution in [3.63, 3.8) is 0 Å². The van der Waals surface area contributed by atoms with Gasteiger partial charge in [-0.3, -0.25) is 9.59 Å². The summed E-state index contributed by atoms with van der Waals surface area (Å²) in [6.45, 7) is 0.857. The van der Waals surface area contributed by atoms with Crippen LogP contribution in [0.5, 0.6) is 5.75 Å². The smallest absolute Gasteiger partial charge is 0.305 e. The van der Waals surface area contributed by atoms with Crippen LogP contribution in [0.25, 0.3) is 0 Å². The normalized spacial score (nSPS) is 9.83. The fourth-order valence-electron chi connectivity index (χ4n) is 2.16. The number of hydrogen-bond acceptors (Lipinski definition) is 4. The molecule has 24 heavy (non-hydrogen) atoms. The number of carbonyl (C=O) groups is 2. The monoisotopic (exact) mass is 331 g/mol. The van der Waals surface area contributed by atoms with E-state index >= 15 is 0 Å². The summed E-state index contributed by atoms with van der Waals surface area (Å²) in [5, 5.41) is 2.89. The molecule has 130 valence electrons. The van der Waals surface area contributed by atoms with Crippen molar-refractivity contribution in [2.24, 2.45) is 0 Å². The number of amides is 1. The number of rotatable bonds is 11. The first-order valence-corrected chi connectivity index (χ1v) is 8.18. The summed E-state index contributed by atoms with van der Waals surface area (Å²) in [5.74, 6) is 2.79. The lowest BCUT2D eigenvalue weighted by molar-refractivity contribution is -0.140. The average molecular weight is 331 g/mol. The van der Waals surface area contributed by atoms with Crippen LogP contribution < -0.4 is 10.1 Å². The number of benzene rings is 1. The molecule has 0 saturated heterocycles. The number of carbonyl (C=O) groups excluding carboxylic acids is 2. The van der Waals surface area contributed by atoms with Gasteiger partial charge in [-0.1, -0.05) is 25.2 Å². The fraction of sp³-hybridized carbons (Fsp3) is 0.474. The van der Waals surface area contributed by atoms with Gasteiger partial charge in [-0.15, -0.1) is 6.42 Å². The molecule has 1 aromatic rings. The first-order valence-electron chi connectivity index (χ1n) is 8.18. The zero-order valence-electron chi connectivity index (χ0n) is 14.2. The van der Waals surface area contributed by atoms with E-state index < -0.39 is 0 Å². The molecular formula is C19H25NO4. The molecule has 0 saturated carbocycles. The van der Waals surface area contributed by atoms with Crippen molar-refractivity contribution in [2.45, 2.75) is 38.5 Å². The predicted molar refractivity (Wildman–Crippen MR) is 92.8 cm³/mol. The lowest BCUT2D eigenvalue weighted by Crippen LogP contribution is -2.24. The third-order valence-electron chi connectivity index (χ3n) is 3.51. The highest BCUT2D eigenvalue weighted by Gasteiger charge is 2.05. The zero-order chi connectivity index (χ0) is 17.6. The maximum atomic E-state index is 12.0. The van der Waals surface area contributed by atoms with Crippen molar-refractivity contribution < 1.29 is 19.1 Å². The number of methoxy groups -OCH3 is 1. The van der Waals surface area contributed by atoms with Gasteiger partial charge in [0.15, 0.2) is 0 Å². The van der Waals surface area contributed by atoms with Crippen LogP contribution >= 0.6 is 0 Å². The van der Waals surface area contributed by atoms with Gasteiger partial charge < -0.3 is 14.8 Å². The lowest BCUT2D eigenvalue weighted by Gasteiger charge is -2.07. The number of terminal acetylenes is 1. The van der Waals surface area contributed by atoms with Crippen LogP contribution in [0, 0.1) is 12.3 Å². The molecule has 1 amide bonds. The second-order valence-corrected chi connectivity index (χ2v) is 5.37. The first-order chi connectivity index (χ1) is 11.7. The summed E-state index contributed by atoms with van der Waals surface area (Å²) >= 11 is 0.